The summed E-state index contributed by atoms with van der Waals surface area (Å²) in [5.74, 6) is 0.132. The lowest BCUT2D eigenvalue weighted by molar-refractivity contribution is 0.0285. The normalized spacial score (nSPS) is 20.4. The van der Waals surface area contributed by atoms with Gasteiger partial charge in [-0.15, -0.1) is 0 Å². The summed E-state index contributed by atoms with van der Waals surface area (Å²) in [7, 11) is 1.79. The van der Waals surface area contributed by atoms with E-state index < -0.39 is 0 Å². The summed E-state index contributed by atoms with van der Waals surface area (Å²) in [5, 5.41) is 7.46. The summed E-state index contributed by atoms with van der Waals surface area (Å²) in [6.45, 7) is 5.17. The lowest BCUT2D eigenvalue weighted by atomic mass is 10.0. The molecule has 1 aromatic carbocycles. The summed E-state index contributed by atoms with van der Waals surface area (Å²) < 4.78 is 5.45. The number of nitrogens with two attached hydrogens (primary N) is 1. The van der Waals surface area contributed by atoms with Crippen molar-refractivity contribution in [2.24, 2.45) is 5.73 Å². The SMILES string of the molecule is COC1CCCN(Cc2ccc(C(=N)N)cc2C)C1. The second-order valence-electron chi connectivity index (χ2n) is 5.29. The van der Waals surface area contributed by atoms with Gasteiger partial charge in [-0.2, -0.15) is 0 Å². The van der Waals surface area contributed by atoms with Gasteiger partial charge in [0.2, 0.25) is 0 Å². The maximum absolute atomic E-state index is 7.46. The molecule has 1 aliphatic rings. The van der Waals surface area contributed by atoms with E-state index in [1.165, 1.54) is 17.5 Å². The highest BCUT2D eigenvalue weighted by atomic mass is 16.5. The molecule has 1 saturated heterocycles. The zero-order valence-corrected chi connectivity index (χ0v) is 11.8. The Bertz CT molecular complexity index is 459. The van der Waals surface area contributed by atoms with E-state index in [-0.39, 0.29) is 5.84 Å². The zero-order chi connectivity index (χ0) is 13.8. The Balaban J connectivity index is 2.04. The molecule has 1 aliphatic heterocycles. The number of methoxy groups -OCH3 is 1. The Morgan fingerprint density at radius 3 is 2.95 bits per heavy atom. The van der Waals surface area contributed by atoms with E-state index in [0.29, 0.717) is 6.10 Å². The number of nitrogens with one attached hydrogen (secondary N) is 1. The summed E-state index contributed by atoms with van der Waals surface area (Å²) in [5.41, 5.74) is 8.82. The van der Waals surface area contributed by atoms with Crippen LogP contribution in [0.2, 0.25) is 0 Å². The lowest BCUT2D eigenvalue weighted by Crippen LogP contribution is -2.38. The molecular formula is C15H23N3O. The van der Waals surface area contributed by atoms with Crippen molar-refractivity contribution < 1.29 is 4.74 Å². The molecule has 1 fully saturated rings. The number of likely N-dealkylation sites (tertiary alicyclic amines) is 1. The van der Waals surface area contributed by atoms with Crippen LogP contribution in [0.3, 0.4) is 0 Å². The standard InChI is InChI=1S/C15H23N3O/c1-11-8-12(15(16)17)5-6-13(11)9-18-7-3-4-14(10-18)19-2/h5-6,8,14H,3-4,7,9-10H2,1-2H3,(H3,16,17). The largest absolute Gasteiger partial charge is 0.384 e. The third-order valence-electron chi connectivity index (χ3n) is 3.84. The number of benzene rings is 1. The molecule has 4 heteroatoms. The highest BCUT2D eigenvalue weighted by Gasteiger charge is 2.19. The molecule has 2 rings (SSSR count). The van der Waals surface area contributed by atoms with Crippen molar-refractivity contribution in [1.29, 1.82) is 5.41 Å². The van der Waals surface area contributed by atoms with Crippen molar-refractivity contribution in [1.82, 2.24) is 4.90 Å². The lowest BCUT2D eigenvalue weighted by Gasteiger charge is -2.32. The maximum Gasteiger partial charge on any atom is 0.122 e. The quantitative estimate of drug-likeness (QED) is 0.642. The molecule has 0 saturated carbocycles. The average molecular weight is 261 g/mol. The minimum atomic E-state index is 0.132. The molecule has 0 amide bonds. The molecule has 1 atom stereocenters. The third-order valence-corrected chi connectivity index (χ3v) is 3.84. The molecule has 0 aliphatic carbocycles. The average Bonchev–Trinajstić information content (AvgIpc) is 2.41. The Morgan fingerprint density at radius 2 is 2.32 bits per heavy atom. The van der Waals surface area contributed by atoms with E-state index >= 15 is 0 Å². The highest BCUT2D eigenvalue weighted by Crippen LogP contribution is 2.18. The number of rotatable bonds is 4. The predicted octanol–water partition coefficient (Wildman–Crippen LogP) is 1.89. The first-order valence-corrected chi connectivity index (χ1v) is 6.79. The monoisotopic (exact) mass is 261 g/mol. The van der Waals surface area contributed by atoms with Gasteiger partial charge in [-0.25, -0.2) is 0 Å². The van der Waals surface area contributed by atoms with Crippen LogP contribution in [0.4, 0.5) is 0 Å². The molecule has 104 valence electrons. The van der Waals surface area contributed by atoms with Crippen LogP contribution in [0.15, 0.2) is 18.2 Å². The summed E-state index contributed by atoms with van der Waals surface area (Å²) >= 11 is 0. The Kier molecular flexibility index (Phi) is 4.56. The van der Waals surface area contributed by atoms with Crippen molar-refractivity contribution in [3.63, 3.8) is 0 Å². The number of hydrogen-bond acceptors (Lipinski definition) is 3. The molecule has 4 nitrogen and oxygen atoms in total. The number of ether oxygens (including phenoxy) is 1. The predicted molar refractivity (Wildman–Crippen MR) is 77.5 cm³/mol. The fourth-order valence-electron chi connectivity index (χ4n) is 2.63. The van der Waals surface area contributed by atoms with E-state index in [0.717, 1.165) is 31.6 Å². The number of nitrogen functional groups attached to an aromatic ring is 1. The summed E-state index contributed by atoms with van der Waals surface area (Å²) in [4.78, 5) is 2.44. The molecule has 19 heavy (non-hydrogen) atoms. The maximum atomic E-state index is 7.46. The first kappa shape index (κ1) is 14.0. The zero-order valence-electron chi connectivity index (χ0n) is 11.8. The number of hydrogen-bond donors (Lipinski definition) is 2. The van der Waals surface area contributed by atoms with Gasteiger partial charge in [-0.05, 0) is 43.5 Å². The minimum absolute atomic E-state index is 0.132. The van der Waals surface area contributed by atoms with Crippen molar-refractivity contribution >= 4 is 5.84 Å². The molecule has 0 aromatic heterocycles. The smallest absolute Gasteiger partial charge is 0.122 e. The van der Waals surface area contributed by atoms with Crippen LogP contribution in [-0.2, 0) is 11.3 Å². The van der Waals surface area contributed by atoms with Crippen molar-refractivity contribution in [2.45, 2.75) is 32.4 Å². The molecule has 3 N–H and O–H groups in total. The van der Waals surface area contributed by atoms with Gasteiger partial charge in [0.25, 0.3) is 0 Å². The fraction of sp³-hybridized carbons (Fsp3) is 0.533. The number of amidine groups is 1. The van der Waals surface area contributed by atoms with Crippen LogP contribution >= 0.6 is 0 Å². The number of nitrogens with zero attached hydrogens (tertiary/aromatic N) is 1. The molecule has 1 unspecified atom stereocenters. The van der Waals surface area contributed by atoms with Gasteiger partial charge in [0.1, 0.15) is 5.84 Å². The molecule has 0 radical (unpaired) electrons. The van der Waals surface area contributed by atoms with Crippen LogP contribution in [-0.4, -0.2) is 37.0 Å². The van der Waals surface area contributed by atoms with Crippen LogP contribution in [0, 0.1) is 12.3 Å². The van der Waals surface area contributed by atoms with E-state index in [4.69, 9.17) is 15.9 Å². The van der Waals surface area contributed by atoms with Crippen LogP contribution < -0.4 is 5.73 Å². The van der Waals surface area contributed by atoms with Gasteiger partial charge >= 0.3 is 0 Å². The van der Waals surface area contributed by atoms with E-state index in [1.807, 2.05) is 12.1 Å². The first-order chi connectivity index (χ1) is 9.10. The topological polar surface area (TPSA) is 62.3 Å². The third kappa shape index (κ3) is 3.55. The molecule has 0 spiro atoms. The second-order valence-corrected chi connectivity index (χ2v) is 5.29. The number of piperidine rings is 1. The van der Waals surface area contributed by atoms with Crippen molar-refractivity contribution in [3.8, 4) is 0 Å². The molecule has 0 bridgehead atoms. The van der Waals surface area contributed by atoms with Crippen LogP contribution in [0.1, 0.15) is 29.5 Å². The summed E-state index contributed by atoms with van der Waals surface area (Å²) in [6.07, 6.45) is 2.73. The summed E-state index contributed by atoms with van der Waals surface area (Å²) in [6, 6.07) is 6.01. The van der Waals surface area contributed by atoms with Gasteiger partial charge in [0, 0.05) is 25.8 Å². The van der Waals surface area contributed by atoms with E-state index in [9.17, 15) is 0 Å². The van der Waals surface area contributed by atoms with Gasteiger partial charge in [-0.1, -0.05) is 12.1 Å². The number of aryl methyl sites for hydroxylation is 1. The van der Waals surface area contributed by atoms with Gasteiger partial charge in [-0.3, -0.25) is 10.3 Å². The fourth-order valence-corrected chi connectivity index (χ4v) is 2.63. The first-order valence-electron chi connectivity index (χ1n) is 6.79. The van der Waals surface area contributed by atoms with Crippen molar-refractivity contribution in [3.05, 3.63) is 34.9 Å². The van der Waals surface area contributed by atoms with Crippen LogP contribution in [0.25, 0.3) is 0 Å². The highest BCUT2D eigenvalue weighted by molar-refractivity contribution is 5.95. The Labute approximate surface area is 115 Å². The molecule has 1 aromatic rings. The second kappa shape index (κ2) is 6.17. The molecule has 1 heterocycles. The molecular weight excluding hydrogens is 238 g/mol. The van der Waals surface area contributed by atoms with Gasteiger partial charge in [0.15, 0.2) is 0 Å². The van der Waals surface area contributed by atoms with Gasteiger partial charge < -0.3 is 10.5 Å². The van der Waals surface area contributed by atoms with Crippen molar-refractivity contribution in [2.75, 3.05) is 20.2 Å². The minimum Gasteiger partial charge on any atom is -0.384 e. The van der Waals surface area contributed by atoms with Crippen LogP contribution in [0.5, 0.6) is 0 Å². The Hall–Kier alpha value is -1.39. The van der Waals surface area contributed by atoms with E-state index in [1.54, 1.807) is 7.11 Å². The Morgan fingerprint density at radius 1 is 1.53 bits per heavy atom. The van der Waals surface area contributed by atoms with E-state index in [2.05, 4.69) is 17.9 Å². The van der Waals surface area contributed by atoms with Gasteiger partial charge in [0.05, 0.1) is 6.10 Å².